The van der Waals surface area contributed by atoms with Crippen LogP contribution in [0.2, 0.25) is 0 Å². The van der Waals surface area contributed by atoms with E-state index in [0.717, 1.165) is 25.8 Å². The topological polar surface area (TPSA) is 49.3 Å². The Morgan fingerprint density at radius 2 is 2.45 bits per heavy atom. The van der Waals surface area contributed by atoms with Gasteiger partial charge in [-0.1, -0.05) is 13.3 Å². The maximum atomic E-state index is 10.6. The van der Waals surface area contributed by atoms with Crippen LogP contribution in [0.4, 0.5) is 0 Å². The normalized spacial score (nSPS) is 30.6. The maximum absolute atomic E-state index is 10.6. The fraction of sp³-hybridized carbons (Fsp3) is 0.875. The monoisotopic (exact) mass is 157 g/mol. The predicted molar refractivity (Wildman–Crippen MR) is 42.4 cm³/mol. The van der Waals surface area contributed by atoms with Crippen molar-refractivity contribution < 1.29 is 9.90 Å². The van der Waals surface area contributed by atoms with Crippen molar-refractivity contribution in [2.24, 2.45) is 5.92 Å². The second kappa shape index (κ2) is 3.72. The van der Waals surface area contributed by atoms with Crippen LogP contribution in [0.25, 0.3) is 0 Å². The van der Waals surface area contributed by atoms with Crippen molar-refractivity contribution in [1.82, 2.24) is 5.32 Å². The molecule has 1 rings (SSSR count). The zero-order chi connectivity index (χ0) is 8.27. The van der Waals surface area contributed by atoms with Gasteiger partial charge in [-0.15, -0.1) is 0 Å². The van der Waals surface area contributed by atoms with Gasteiger partial charge in [-0.3, -0.25) is 4.79 Å². The smallest absolute Gasteiger partial charge is 0.320 e. The first-order valence-electron chi connectivity index (χ1n) is 4.22. The van der Waals surface area contributed by atoms with E-state index in [-0.39, 0.29) is 6.04 Å². The van der Waals surface area contributed by atoms with Gasteiger partial charge in [-0.05, 0) is 25.3 Å². The molecule has 0 aromatic rings. The van der Waals surface area contributed by atoms with Gasteiger partial charge < -0.3 is 10.4 Å². The molecule has 0 aromatic heterocycles. The van der Waals surface area contributed by atoms with Crippen molar-refractivity contribution >= 4 is 5.97 Å². The van der Waals surface area contributed by atoms with E-state index in [1.807, 2.05) is 0 Å². The van der Waals surface area contributed by atoms with Crippen LogP contribution in [-0.2, 0) is 4.79 Å². The molecular formula is C8H15NO2. The van der Waals surface area contributed by atoms with E-state index < -0.39 is 5.97 Å². The molecule has 0 aliphatic carbocycles. The molecule has 1 aliphatic rings. The van der Waals surface area contributed by atoms with Crippen LogP contribution in [0.5, 0.6) is 0 Å². The van der Waals surface area contributed by atoms with Crippen molar-refractivity contribution in [3.63, 3.8) is 0 Å². The maximum Gasteiger partial charge on any atom is 0.320 e. The number of carbonyl (C=O) groups is 1. The Balaban J connectivity index is 2.44. The third-order valence-electron chi connectivity index (χ3n) is 2.28. The Bertz CT molecular complexity index is 147. The average molecular weight is 157 g/mol. The van der Waals surface area contributed by atoms with Crippen molar-refractivity contribution in [1.29, 1.82) is 0 Å². The summed E-state index contributed by atoms with van der Waals surface area (Å²) in [5.74, 6) is -0.335. The molecule has 1 heterocycles. The highest BCUT2D eigenvalue weighted by atomic mass is 16.4. The van der Waals surface area contributed by atoms with E-state index in [0.29, 0.717) is 5.92 Å². The highest BCUT2D eigenvalue weighted by Gasteiger charge is 2.31. The van der Waals surface area contributed by atoms with Crippen LogP contribution in [-0.4, -0.2) is 23.7 Å². The molecule has 0 bridgehead atoms. The first kappa shape index (κ1) is 8.53. The lowest BCUT2D eigenvalue weighted by atomic mass is 9.96. The van der Waals surface area contributed by atoms with Crippen LogP contribution in [0.1, 0.15) is 26.2 Å². The molecule has 2 N–H and O–H groups in total. The largest absolute Gasteiger partial charge is 0.480 e. The number of hydrogen-bond donors (Lipinski definition) is 2. The molecule has 1 aliphatic heterocycles. The summed E-state index contributed by atoms with van der Waals surface area (Å²) in [5.41, 5.74) is 0. The minimum Gasteiger partial charge on any atom is -0.480 e. The highest BCUT2D eigenvalue weighted by Crippen LogP contribution is 2.20. The summed E-state index contributed by atoms with van der Waals surface area (Å²) in [4.78, 5) is 10.6. The van der Waals surface area contributed by atoms with Gasteiger partial charge in [0.2, 0.25) is 0 Å². The first-order valence-corrected chi connectivity index (χ1v) is 4.22. The predicted octanol–water partition coefficient (Wildman–Crippen LogP) is 0.849. The summed E-state index contributed by atoms with van der Waals surface area (Å²) in [5, 5.41) is 11.7. The molecule has 2 atom stereocenters. The van der Waals surface area contributed by atoms with Crippen LogP contribution in [0.3, 0.4) is 0 Å². The van der Waals surface area contributed by atoms with Gasteiger partial charge in [0.15, 0.2) is 0 Å². The zero-order valence-corrected chi connectivity index (χ0v) is 6.84. The first-order chi connectivity index (χ1) is 5.25. The number of carboxylic acid groups (broad SMARTS) is 1. The minimum atomic E-state index is -0.694. The van der Waals surface area contributed by atoms with Crippen molar-refractivity contribution in [2.45, 2.75) is 32.2 Å². The van der Waals surface area contributed by atoms with Crippen molar-refractivity contribution in [3.05, 3.63) is 0 Å². The lowest BCUT2D eigenvalue weighted by Gasteiger charge is -2.13. The minimum absolute atomic E-state index is 0.282. The summed E-state index contributed by atoms with van der Waals surface area (Å²) in [6.07, 6.45) is 3.13. The van der Waals surface area contributed by atoms with E-state index in [4.69, 9.17) is 5.11 Å². The standard InChI is InChI=1S/C8H15NO2/c1-2-3-6-4-5-9-7(6)8(10)11/h6-7,9H,2-5H2,1H3,(H,10,11)/t6-,7+/m0/s1. The molecule has 3 nitrogen and oxygen atoms in total. The van der Waals surface area contributed by atoms with Gasteiger partial charge in [0, 0.05) is 0 Å². The van der Waals surface area contributed by atoms with Gasteiger partial charge in [-0.2, -0.15) is 0 Å². The van der Waals surface area contributed by atoms with Crippen LogP contribution in [0.15, 0.2) is 0 Å². The van der Waals surface area contributed by atoms with Gasteiger partial charge in [0.25, 0.3) is 0 Å². The fourth-order valence-corrected chi connectivity index (χ4v) is 1.73. The average Bonchev–Trinajstić information content (AvgIpc) is 2.36. The quantitative estimate of drug-likeness (QED) is 0.638. The molecule has 11 heavy (non-hydrogen) atoms. The second-order valence-corrected chi connectivity index (χ2v) is 3.11. The molecular weight excluding hydrogens is 142 g/mol. The molecule has 0 unspecified atom stereocenters. The Kier molecular flexibility index (Phi) is 2.88. The zero-order valence-electron chi connectivity index (χ0n) is 6.84. The van der Waals surface area contributed by atoms with E-state index >= 15 is 0 Å². The molecule has 3 heteroatoms. The van der Waals surface area contributed by atoms with E-state index in [9.17, 15) is 4.79 Å². The summed E-state index contributed by atoms with van der Waals surface area (Å²) < 4.78 is 0. The summed E-state index contributed by atoms with van der Waals surface area (Å²) in [7, 11) is 0. The van der Waals surface area contributed by atoms with Crippen LogP contribution in [0, 0.1) is 5.92 Å². The number of nitrogens with one attached hydrogen (secondary N) is 1. The second-order valence-electron chi connectivity index (χ2n) is 3.11. The third kappa shape index (κ3) is 1.93. The lowest BCUT2D eigenvalue weighted by Crippen LogP contribution is -2.35. The molecule has 0 radical (unpaired) electrons. The SMILES string of the molecule is CCC[C@H]1CCN[C@H]1C(=O)O. The van der Waals surface area contributed by atoms with Gasteiger partial charge >= 0.3 is 5.97 Å². The third-order valence-corrected chi connectivity index (χ3v) is 2.28. The van der Waals surface area contributed by atoms with E-state index in [1.165, 1.54) is 0 Å². The lowest BCUT2D eigenvalue weighted by molar-refractivity contribution is -0.140. The number of carboxylic acids is 1. The Morgan fingerprint density at radius 3 is 3.00 bits per heavy atom. The molecule has 1 saturated heterocycles. The van der Waals surface area contributed by atoms with Gasteiger partial charge in [0.05, 0.1) is 0 Å². The van der Waals surface area contributed by atoms with E-state index in [2.05, 4.69) is 12.2 Å². The number of rotatable bonds is 3. The van der Waals surface area contributed by atoms with Gasteiger partial charge in [0.1, 0.15) is 6.04 Å². The highest BCUT2D eigenvalue weighted by molar-refractivity contribution is 5.74. The summed E-state index contributed by atoms with van der Waals surface area (Å²) >= 11 is 0. The Labute approximate surface area is 66.8 Å². The Morgan fingerprint density at radius 1 is 1.73 bits per heavy atom. The number of aliphatic carboxylic acids is 1. The molecule has 0 aromatic carbocycles. The fourth-order valence-electron chi connectivity index (χ4n) is 1.73. The van der Waals surface area contributed by atoms with Crippen LogP contribution >= 0.6 is 0 Å². The van der Waals surface area contributed by atoms with Crippen molar-refractivity contribution in [2.75, 3.05) is 6.54 Å². The Hall–Kier alpha value is -0.570. The van der Waals surface area contributed by atoms with Crippen LogP contribution < -0.4 is 5.32 Å². The summed E-state index contributed by atoms with van der Waals surface area (Å²) in [6.45, 7) is 2.96. The molecule has 0 amide bonds. The summed E-state index contributed by atoms with van der Waals surface area (Å²) in [6, 6.07) is -0.282. The number of hydrogen-bond acceptors (Lipinski definition) is 2. The molecule has 0 spiro atoms. The molecule has 0 saturated carbocycles. The molecule has 64 valence electrons. The molecule has 1 fully saturated rings. The van der Waals surface area contributed by atoms with Gasteiger partial charge in [-0.25, -0.2) is 0 Å². The van der Waals surface area contributed by atoms with Crippen molar-refractivity contribution in [3.8, 4) is 0 Å². The van der Waals surface area contributed by atoms with E-state index in [1.54, 1.807) is 0 Å².